The second-order valence-corrected chi connectivity index (χ2v) is 14.9. The Morgan fingerprint density at radius 2 is 2.00 bits per heavy atom. The molecule has 0 radical (unpaired) electrons. The Balaban J connectivity index is 2.02. The maximum atomic E-state index is 14.9. The first-order chi connectivity index (χ1) is 14.3. The van der Waals surface area contributed by atoms with E-state index < -0.39 is 32.1 Å². The molecule has 1 unspecified atom stereocenters. The van der Waals surface area contributed by atoms with Crippen molar-refractivity contribution < 1.29 is 23.1 Å². The molecule has 0 saturated carbocycles. The lowest BCUT2D eigenvalue weighted by atomic mass is 10.1. The van der Waals surface area contributed by atoms with Crippen LogP contribution in [0.4, 0.5) is 19.4 Å². The highest BCUT2D eigenvalue weighted by molar-refractivity contribution is 9.10. The summed E-state index contributed by atoms with van der Waals surface area (Å²) < 4.78 is 35.8. The number of fused-ring (bicyclic) bond motifs is 1. The maximum absolute atomic E-state index is 14.9. The van der Waals surface area contributed by atoms with Crippen molar-refractivity contribution >= 4 is 47.1 Å². The molecule has 1 amide bonds. The topological polar surface area (TPSA) is 78.8 Å². The molecule has 11 heteroatoms. The largest absolute Gasteiger partial charge is 0.465 e. The van der Waals surface area contributed by atoms with Crippen molar-refractivity contribution in [2.24, 2.45) is 0 Å². The van der Waals surface area contributed by atoms with Gasteiger partial charge in [-0.05, 0) is 40.1 Å². The van der Waals surface area contributed by atoms with Gasteiger partial charge in [0.25, 0.3) is 0 Å². The Bertz CT molecular complexity index is 1000. The van der Waals surface area contributed by atoms with E-state index in [-0.39, 0.29) is 52.5 Å². The standard InChI is InChI=1S/C20H27BrF2N4O3Si/c1-20(2,3)31(4,5)30-10-12-9-26(19(28)29)6-7-27(12)18-15-14(22)8-13(21)16(23)17(15)24-11-25-18/h8,11-12H,6-7,9-10H2,1-5H3,(H,28,29). The highest BCUT2D eigenvalue weighted by Crippen LogP contribution is 2.37. The van der Waals surface area contributed by atoms with Crippen LogP contribution in [-0.2, 0) is 4.43 Å². The van der Waals surface area contributed by atoms with Crippen LogP contribution in [-0.4, -0.2) is 66.7 Å². The van der Waals surface area contributed by atoms with Crippen molar-refractivity contribution in [3.8, 4) is 0 Å². The number of amides is 1. The van der Waals surface area contributed by atoms with Gasteiger partial charge in [0.2, 0.25) is 0 Å². The van der Waals surface area contributed by atoms with Crippen LogP contribution in [0.15, 0.2) is 16.9 Å². The van der Waals surface area contributed by atoms with Crippen LogP contribution in [0.25, 0.3) is 10.9 Å². The van der Waals surface area contributed by atoms with Crippen molar-refractivity contribution in [1.82, 2.24) is 14.9 Å². The van der Waals surface area contributed by atoms with E-state index in [1.54, 1.807) is 0 Å². The number of rotatable bonds is 4. The number of carbonyl (C=O) groups is 1. The van der Waals surface area contributed by atoms with Gasteiger partial charge in [0.05, 0.1) is 22.5 Å². The van der Waals surface area contributed by atoms with Crippen molar-refractivity contribution in [2.45, 2.75) is 44.9 Å². The van der Waals surface area contributed by atoms with Crippen LogP contribution >= 0.6 is 15.9 Å². The van der Waals surface area contributed by atoms with Gasteiger partial charge in [-0.25, -0.2) is 23.5 Å². The van der Waals surface area contributed by atoms with Gasteiger partial charge in [-0.2, -0.15) is 0 Å². The Kier molecular flexibility index (Phi) is 6.59. The van der Waals surface area contributed by atoms with E-state index in [0.29, 0.717) is 0 Å². The summed E-state index contributed by atoms with van der Waals surface area (Å²) in [5, 5.41) is 9.44. The average molecular weight is 517 g/mol. The molecule has 2 heterocycles. The fraction of sp³-hybridized carbons (Fsp3) is 0.550. The fourth-order valence-corrected chi connectivity index (χ4v) is 4.74. The van der Waals surface area contributed by atoms with Crippen LogP contribution in [0.1, 0.15) is 20.8 Å². The van der Waals surface area contributed by atoms with E-state index in [1.807, 2.05) is 4.90 Å². The lowest BCUT2D eigenvalue weighted by Gasteiger charge is -2.44. The second kappa shape index (κ2) is 8.59. The van der Waals surface area contributed by atoms with Gasteiger partial charge in [-0.15, -0.1) is 0 Å². The fourth-order valence-electron chi connectivity index (χ4n) is 3.31. The van der Waals surface area contributed by atoms with Crippen LogP contribution < -0.4 is 4.90 Å². The summed E-state index contributed by atoms with van der Waals surface area (Å²) in [6.07, 6.45) is 0.174. The van der Waals surface area contributed by atoms with Gasteiger partial charge in [0.1, 0.15) is 23.5 Å². The molecular formula is C20H27BrF2N4O3Si. The molecular weight excluding hydrogens is 490 g/mol. The van der Waals surface area contributed by atoms with E-state index in [1.165, 1.54) is 11.2 Å². The molecule has 1 atom stereocenters. The molecule has 1 saturated heterocycles. The summed E-state index contributed by atoms with van der Waals surface area (Å²) in [5.74, 6) is -1.08. The predicted molar refractivity (Wildman–Crippen MR) is 121 cm³/mol. The SMILES string of the molecule is CC(C)(C)[Si](C)(C)OCC1CN(C(=O)O)CCN1c1ncnc2c(F)c(Br)cc(F)c12. The van der Waals surface area contributed by atoms with Crippen LogP contribution in [0.5, 0.6) is 0 Å². The maximum Gasteiger partial charge on any atom is 0.407 e. The predicted octanol–water partition coefficient (Wildman–Crippen LogP) is 4.86. The Morgan fingerprint density at radius 1 is 1.32 bits per heavy atom. The summed E-state index contributed by atoms with van der Waals surface area (Å²) in [6, 6.07) is 0.655. The molecule has 1 aliphatic rings. The lowest BCUT2D eigenvalue weighted by molar-refractivity contribution is 0.125. The number of anilines is 1. The summed E-state index contributed by atoms with van der Waals surface area (Å²) in [6.45, 7) is 11.5. The van der Waals surface area contributed by atoms with Crippen LogP contribution in [0.2, 0.25) is 18.1 Å². The van der Waals surface area contributed by atoms with Crippen molar-refractivity contribution in [2.75, 3.05) is 31.1 Å². The number of hydrogen-bond donors (Lipinski definition) is 1. The van der Waals surface area contributed by atoms with E-state index in [2.05, 4.69) is 59.8 Å². The monoisotopic (exact) mass is 516 g/mol. The van der Waals surface area contributed by atoms with Gasteiger partial charge in [0, 0.05) is 19.6 Å². The molecule has 1 aliphatic heterocycles. The molecule has 3 rings (SSSR count). The van der Waals surface area contributed by atoms with Crippen molar-refractivity contribution in [3.05, 3.63) is 28.5 Å². The third-order valence-electron chi connectivity index (χ3n) is 6.21. The average Bonchev–Trinajstić information content (AvgIpc) is 2.69. The minimum atomic E-state index is -2.12. The van der Waals surface area contributed by atoms with Crippen LogP contribution in [0.3, 0.4) is 0 Å². The molecule has 170 valence electrons. The zero-order valence-electron chi connectivity index (χ0n) is 18.2. The Hall–Kier alpha value is -1.85. The molecule has 1 fully saturated rings. The number of hydrogen-bond acceptors (Lipinski definition) is 5. The summed E-state index contributed by atoms with van der Waals surface area (Å²) in [4.78, 5) is 22.9. The number of halogens is 3. The molecule has 1 aromatic carbocycles. The molecule has 7 nitrogen and oxygen atoms in total. The van der Waals surface area contributed by atoms with Gasteiger partial charge in [0.15, 0.2) is 14.1 Å². The van der Waals surface area contributed by atoms with Crippen molar-refractivity contribution in [3.63, 3.8) is 0 Å². The smallest absolute Gasteiger partial charge is 0.407 e. The number of benzene rings is 1. The van der Waals surface area contributed by atoms with Gasteiger partial charge < -0.3 is 19.3 Å². The van der Waals surface area contributed by atoms with Crippen LogP contribution in [0, 0.1) is 11.6 Å². The zero-order valence-corrected chi connectivity index (χ0v) is 20.8. The van der Waals surface area contributed by atoms with E-state index in [9.17, 15) is 18.7 Å². The first-order valence-corrected chi connectivity index (χ1v) is 13.7. The van der Waals surface area contributed by atoms with Crippen molar-refractivity contribution in [1.29, 1.82) is 0 Å². The third-order valence-corrected chi connectivity index (χ3v) is 11.3. The van der Waals surface area contributed by atoms with Gasteiger partial charge >= 0.3 is 6.09 Å². The van der Waals surface area contributed by atoms with E-state index in [4.69, 9.17) is 4.43 Å². The molecule has 0 bridgehead atoms. The summed E-state index contributed by atoms with van der Waals surface area (Å²) in [7, 11) is -2.12. The Labute approximate surface area is 189 Å². The first-order valence-electron chi connectivity index (χ1n) is 10.00. The highest BCUT2D eigenvalue weighted by Gasteiger charge is 2.40. The molecule has 31 heavy (non-hydrogen) atoms. The highest BCUT2D eigenvalue weighted by atomic mass is 79.9. The number of nitrogens with zero attached hydrogens (tertiary/aromatic N) is 4. The first kappa shape index (κ1) is 23.8. The van der Waals surface area contributed by atoms with E-state index in [0.717, 1.165) is 6.07 Å². The Morgan fingerprint density at radius 3 is 2.61 bits per heavy atom. The molecule has 2 aromatic rings. The summed E-state index contributed by atoms with van der Waals surface area (Å²) in [5.41, 5.74) is -0.124. The number of piperazine rings is 1. The molecule has 1 N–H and O–H groups in total. The molecule has 0 spiro atoms. The molecule has 1 aromatic heterocycles. The lowest BCUT2D eigenvalue weighted by Crippen LogP contribution is -2.58. The second-order valence-electron chi connectivity index (χ2n) is 9.22. The van der Waals surface area contributed by atoms with E-state index >= 15 is 0 Å². The zero-order chi connectivity index (χ0) is 23.1. The third kappa shape index (κ3) is 4.68. The summed E-state index contributed by atoms with van der Waals surface area (Å²) >= 11 is 3.01. The molecule has 0 aliphatic carbocycles. The normalized spacial score (nSPS) is 18.0. The minimum absolute atomic E-state index is 0.0179. The number of carboxylic acid groups (broad SMARTS) is 1. The quantitative estimate of drug-likeness (QED) is 0.461. The minimum Gasteiger partial charge on any atom is -0.465 e. The van der Waals surface area contributed by atoms with Gasteiger partial charge in [-0.1, -0.05) is 20.8 Å². The number of aromatic nitrogens is 2. The van der Waals surface area contributed by atoms with Gasteiger partial charge in [-0.3, -0.25) is 0 Å².